The molecule has 2 amide bonds. The highest BCUT2D eigenvalue weighted by molar-refractivity contribution is 6.25. The molecule has 0 aliphatic carbocycles. The SMILES string of the molecule is COc1ccc([N+](=O)[O-])cc1N1C(=O)[C@@H]2[C@H](C1=O)[C@@H]1c3ccccc3C=CN1[C@H]2C(=O)c1ccc2c(c1)OCO2. The van der Waals surface area contributed by atoms with E-state index in [1.807, 2.05) is 30.3 Å². The standard InChI is InChI=1S/C29H21N3O8/c1-38-20-9-7-17(32(36)37)13-19(20)31-28(34)23-24(29(31)35)26(27(33)16-6-8-21-22(12-16)40-14-39-21)30-11-10-15-4-2-3-5-18(15)25(23)30/h2-13,23-26H,14H2,1H3/t23-,24+,25-,26+/m0/s1. The molecular formula is C29H21N3O8. The highest BCUT2D eigenvalue weighted by Crippen LogP contribution is 2.54. The fourth-order valence-corrected chi connectivity index (χ4v) is 6.28. The van der Waals surface area contributed by atoms with Gasteiger partial charge in [-0.1, -0.05) is 24.3 Å². The minimum absolute atomic E-state index is 0.0263. The lowest BCUT2D eigenvalue weighted by Crippen LogP contribution is -2.44. The van der Waals surface area contributed by atoms with Gasteiger partial charge in [0.1, 0.15) is 17.5 Å². The van der Waals surface area contributed by atoms with Crippen molar-refractivity contribution in [2.45, 2.75) is 12.1 Å². The molecule has 4 aliphatic heterocycles. The third-order valence-electron chi connectivity index (χ3n) is 8.00. The first-order chi connectivity index (χ1) is 19.4. The Bertz CT molecular complexity index is 1670. The summed E-state index contributed by atoms with van der Waals surface area (Å²) in [6, 6.07) is 14.5. The lowest BCUT2D eigenvalue weighted by atomic mass is 9.83. The second-order valence-electron chi connectivity index (χ2n) is 9.89. The van der Waals surface area contributed by atoms with Crippen LogP contribution in [0.1, 0.15) is 27.5 Å². The van der Waals surface area contributed by atoms with E-state index in [-0.39, 0.29) is 29.7 Å². The number of ether oxygens (including phenoxy) is 3. The molecule has 200 valence electrons. The predicted molar refractivity (Wildman–Crippen MR) is 140 cm³/mol. The second kappa shape index (κ2) is 8.67. The molecule has 7 rings (SSSR count). The molecule has 3 aromatic carbocycles. The van der Waals surface area contributed by atoms with Crippen molar-refractivity contribution in [2.75, 3.05) is 18.8 Å². The number of rotatable bonds is 5. The highest BCUT2D eigenvalue weighted by Gasteiger charge is 2.65. The van der Waals surface area contributed by atoms with Crippen molar-refractivity contribution in [3.8, 4) is 17.2 Å². The summed E-state index contributed by atoms with van der Waals surface area (Å²) in [5.74, 6) is -2.40. The minimum Gasteiger partial charge on any atom is -0.495 e. The summed E-state index contributed by atoms with van der Waals surface area (Å²) in [4.78, 5) is 56.1. The van der Waals surface area contributed by atoms with Crippen LogP contribution in [0.25, 0.3) is 6.08 Å². The van der Waals surface area contributed by atoms with E-state index in [4.69, 9.17) is 14.2 Å². The topological polar surface area (TPSA) is 129 Å². The van der Waals surface area contributed by atoms with Gasteiger partial charge in [0.25, 0.3) is 5.69 Å². The second-order valence-corrected chi connectivity index (χ2v) is 9.89. The third-order valence-corrected chi connectivity index (χ3v) is 8.00. The Morgan fingerprint density at radius 2 is 1.77 bits per heavy atom. The van der Waals surface area contributed by atoms with E-state index >= 15 is 0 Å². The van der Waals surface area contributed by atoms with Gasteiger partial charge in [-0.15, -0.1) is 0 Å². The van der Waals surface area contributed by atoms with Crippen LogP contribution in [0.5, 0.6) is 17.2 Å². The number of imide groups is 1. The van der Waals surface area contributed by atoms with Crippen molar-refractivity contribution in [3.05, 3.63) is 93.7 Å². The maximum Gasteiger partial charge on any atom is 0.271 e. The van der Waals surface area contributed by atoms with Crippen molar-refractivity contribution in [2.24, 2.45) is 11.8 Å². The van der Waals surface area contributed by atoms with Crippen LogP contribution in [-0.2, 0) is 9.59 Å². The lowest BCUT2D eigenvalue weighted by molar-refractivity contribution is -0.384. The molecule has 0 aromatic heterocycles. The summed E-state index contributed by atoms with van der Waals surface area (Å²) in [6.07, 6.45) is 3.63. The third kappa shape index (κ3) is 3.27. The van der Waals surface area contributed by atoms with Crippen molar-refractivity contribution in [1.82, 2.24) is 4.90 Å². The Balaban J connectivity index is 1.37. The number of benzene rings is 3. The Kier molecular flexibility index (Phi) is 5.18. The Morgan fingerprint density at radius 3 is 2.58 bits per heavy atom. The lowest BCUT2D eigenvalue weighted by Gasteiger charge is -2.35. The van der Waals surface area contributed by atoms with E-state index in [1.54, 1.807) is 29.3 Å². The first-order valence-electron chi connectivity index (χ1n) is 12.6. The summed E-state index contributed by atoms with van der Waals surface area (Å²) in [7, 11) is 1.35. The van der Waals surface area contributed by atoms with Crippen LogP contribution in [0.3, 0.4) is 0 Å². The van der Waals surface area contributed by atoms with Gasteiger partial charge in [0.2, 0.25) is 18.6 Å². The summed E-state index contributed by atoms with van der Waals surface area (Å²) < 4.78 is 16.2. The van der Waals surface area contributed by atoms with Crippen LogP contribution in [0.2, 0.25) is 0 Å². The van der Waals surface area contributed by atoms with Gasteiger partial charge in [-0.25, -0.2) is 4.90 Å². The molecule has 40 heavy (non-hydrogen) atoms. The zero-order chi connectivity index (χ0) is 27.7. The molecule has 4 heterocycles. The summed E-state index contributed by atoms with van der Waals surface area (Å²) >= 11 is 0. The van der Waals surface area contributed by atoms with E-state index in [0.29, 0.717) is 17.1 Å². The number of fused-ring (bicyclic) bond motifs is 6. The smallest absolute Gasteiger partial charge is 0.271 e. The Labute approximate surface area is 227 Å². The van der Waals surface area contributed by atoms with Gasteiger partial charge in [-0.2, -0.15) is 0 Å². The number of anilines is 1. The van der Waals surface area contributed by atoms with Gasteiger partial charge in [0.05, 0.1) is 29.9 Å². The Hall–Kier alpha value is -5.19. The van der Waals surface area contributed by atoms with Crippen LogP contribution in [0, 0.1) is 22.0 Å². The van der Waals surface area contributed by atoms with Gasteiger partial charge < -0.3 is 19.1 Å². The number of non-ortho nitro benzene ring substituents is 1. The average Bonchev–Trinajstić information content (AvgIpc) is 3.65. The monoisotopic (exact) mass is 539 g/mol. The molecule has 3 aromatic rings. The number of nitro groups is 1. The van der Waals surface area contributed by atoms with E-state index in [1.165, 1.54) is 19.2 Å². The van der Waals surface area contributed by atoms with Crippen molar-refractivity contribution >= 4 is 35.0 Å². The molecular weight excluding hydrogens is 518 g/mol. The molecule has 4 atom stereocenters. The fraction of sp³-hybridized carbons (Fsp3) is 0.207. The normalized spacial score (nSPS) is 23.6. The number of carbonyl (C=O) groups excluding carboxylic acids is 3. The number of nitrogens with zero attached hydrogens (tertiary/aromatic N) is 3. The molecule has 11 nitrogen and oxygen atoms in total. The molecule has 2 saturated heterocycles. The number of methoxy groups -OCH3 is 1. The molecule has 0 unspecified atom stereocenters. The van der Waals surface area contributed by atoms with E-state index in [2.05, 4.69) is 0 Å². The van der Waals surface area contributed by atoms with Crippen LogP contribution in [0.4, 0.5) is 11.4 Å². The maximum absolute atomic E-state index is 14.2. The number of Topliss-reactive ketones (excluding diaryl/α,β-unsaturated/α-hetero) is 1. The maximum atomic E-state index is 14.2. The number of hydrogen-bond donors (Lipinski definition) is 0. The van der Waals surface area contributed by atoms with Crippen molar-refractivity contribution < 1.29 is 33.5 Å². The van der Waals surface area contributed by atoms with Crippen molar-refractivity contribution in [3.63, 3.8) is 0 Å². The molecule has 4 aliphatic rings. The molecule has 11 heteroatoms. The highest BCUT2D eigenvalue weighted by atomic mass is 16.7. The molecule has 0 spiro atoms. The van der Waals surface area contributed by atoms with E-state index < -0.39 is 40.7 Å². The van der Waals surface area contributed by atoms with Gasteiger partial charge in [-0.05, 0) is 41.5 Å². The minimum atomic E-state index is -1.05. The zero-order valence-corrected chi connectivity index (χ0v) is 21.1. The van der Waals surface area contributed by atoms with Crippen LogP contribution >= 0.6 is 0 Å². The molecule has 0 N–H and O–H groups in total. The van der Waals surface area contributed by atoms with Crippen LogP contribution < -0.4 is 19.1 Å². The van der Waals surface area contributed by atoms with Gasteiger partial charge in [-0.3, -0.25) is 24.5 Å². The first kappa shape index (κ1) is 23.9. The summed E-state index contributed by atoms with van der Waals surface area (Å²) in [6.45, 7) is 0.0435. The number of carbonyl (C=O) groups is 3. The van der Waals surface area contributed by atoms with Gasteiger partial charge in [0.15, 0.2) is 17.3 Å². The fourth-order valence-electron chi connectivity index (χ4n) is 6.28. The number of amides is 2. The van der Waals surface area contributed by atoms with Crippen LogP contribution in [0.15, 0.2) is 66.9 Å². The molecule has 0 saturated carbocycles. The van der Waals surface area contributed by atoms with E-state index in [9.17, 15) is 24.5 Å². The summed E-state index contributed by atoms with van der Waals surface area (Å²) in [5.41, 5.74) is 1.68. The molecule has 0 bridgehead atoms. The number of ketones is 1. The van der Waals surface area contributed by atoms with E-state index in [0.717, 1.165) is 22.1 Å². The van der Waals surface area contributed by atoms with Crippen molar-refractivity contribution in [1.29, 1.82) is 0 Å². The number of nitro benzene ring substituents is 1. The largest absolute Gasteiger partial charge is 0.495 e. The predicted octanol–water partition coefficient (Wildman–Crippen LogP) is 3.73. The quantitative estimate of drug-likeness (QED) is 0.206. The molecule has 2 fully saturated rings. The van der Waals surface area contributed by atoms with Gasteiger partial charge >= 0.3 is 0 Å². The first-order valence-corrected chi connectivity index (χ1v) is 12.6. The van der Waals surface area contributed by atoms with Crippen LogP contribution in [-0.4, -0.2) is 47.4 Å². The summed E-state index contributed by atoms with van der Waals surface area (Å²) in [5, 5.41) is 11.5. The number of hydrogen-bond acceptors (Lipinski definition) is 9. The average molecular weight is 540 g/mol. The zero-order valence-electron chi connectivity index (χ0n) is 21.1. The Morgan fingerprint density at radius 1 is 1.00 bits per heavy atom. The van der Waals surface area contributed by atoms with Gasteiger partial charge in [0, 0.05) is 23.9 Å². The molecule has 0 radical (unpaired) electrons.